The molecule has 6 nitrogen and oxygen atoms in total. The summed E-state index contributed by atoms with van der Waals surface area (Å²) in [6.07, 6.45) is 0. The van der Waals surface area contributed by atoms with Crippen LogP contribution >= 0.6 is 11.6 Å². The first-order valence-electron chi connectivity index (χ1n) is 10.4. The van der Waals surface area contributed by atoms with E-state index in [0.717, 1.165) is 11.1 Å². The molecule has 0 unspecified atom stereocenters. The zero-order valence-corrected chi connectivity index (χ0v) is 19.6. The van der Waals surface area contributed by atoms with Crippen molar-refractivity contribution in [2.45, 2.75) is 33.1 Å². The Bertz CT molecular complexity index is 1400. The average molecular weight is 462 g/mol. The predicted octanol–water partition coefficient (Wildman–Crippen LogP) is 6.43. The van der Waals surface area contributed by atoms with Crippen LogP contribution in [0.2, 0.25) is 5.02 Å². The van der Waals surface area contributed by atoms with Crippen LogP contribution in [0.3, 0.4) is 0 Å². The molecule has 168 valence electrons. The van der Waals surface area contributed by atoms with Crippen LogP contribution in [0.5, 0.6) is 11.5 Å². The number of aromatic hydroxyl groups is 1. The number of phenols is 1. The number of ether oxygens (including phenoxy) is 1. The molecule has 0 aliphatic rings. The molecule has 0 bridgehead atoms. The molecule has 7 heteroatoms. The number of hydrogen-bond acceptors (Lipinski definition) is 5. The normalized spacial score (nSPS) is 11.5. The van der Waals surface area contributed by atoms with Crippen LogP contribution in [0.25, 0.3) is 33.3 Å². The van der Waals surface area contributed by atoms with Crippen LogP contribution in [0, 0.1) is 0 Å². The van der Waals surface area contributed by atoms with Gasteiger partial charge >= 0.3 is 5.97 Å². The number of H-pyrrole nitrogens is 1. The standard InChI is InChI=1S/C26H24ClN3O3/c1-14(2)25(32)33-17-9-10-21(31)18(12-17)19-13-20-24(29-30-28-20)22(23(19)27)15-7-6-8-16(11-15)26(3,4)5/h6-13,31H,1H2,2-5H3,(H,28,29,30). The zero-order chi connectivity index (χ0) is 23.9. The highest BCUT2D eigenvalue weighted by molar-refractivity contribution is 6.38. The summed E-state index contributed by atoms with van der Waals surface area (Å²) in [5.41, 5.74) is 5.21. The van der Waals surface area contributed by atoms with Gasteiger partial charge in [-0.05, 0) is 47.7 Å². The summed E-state index contributed by atoms with van der Waals surface area (Å²) in [5.74, 6) is -0.287. The number of nitrogens with zero attached hydrogens (tertiary/aromatic N) is 2. The summed E-state index contributed by atoms with van der Waals surface area (Å²) < 4.78 is 5.35. The molecule has 4 rings (SSSR count). The van der Waals surface area contributed by atoms with Crippen LogP contribution in [0.4, 0.5) is 0 Å². The molecular weight excluding hydrogens is 438 g/mol. The number of phenolic OH excluding ortho intramolecular Hbond substituents is 1. The first kappa shape index (κ1) is 22.6. The van der Waals surface area contributed by atoms with E-state index >= 15 is 0 Å². The Balaban J connectivity index is 1.93. The highest BCUT2D eigenvalue weighted by atomic mass is 35.5. The molecule has 0 amide bonds. The zero-order valence-electron chi connectivity index (χ0n) is 18.9. The van der Waals surface area contributed by atoms with E-state index in [2.05, 4.69) is 54.9 Å². The maximum absolute atomic E-state index is 12.0. The molecule has 2 N–H and O–H groups in total. The summed E-state index contributed by atoms with van der Waals surface area (Å²) in [5, 5.41) is 22.1. The molecule has 0 saturated heterocycles. The number of aromatic nitrogens is 3. The van der Waals surface area contributed by atoms with E-state index in [1.807, 2.05) is 12.1 Å². The fourth-order valence-corrected chi connectivity index (χ4v) is 3.91. The Kier molecular flexibility index (Phi) is 5.72. The summed E-state index contributed by atoms with van der Waals surface area (Å²) in [6, 6.07) is 14.4. The van der Waals surface area contributed by atoms with E-state index in [1.165, 1.54) is 12.1 Å². The van der Waals surface area contributed by atoms with Gasteiger partial charge in [0.15, 0.2) is 0 Å². The van der Waals surface area contributed by atoms with Gasteiger partial charge in [-0.3, -0.25) is 5.10 Å². The number of aromatic amines is 1. The molecule has 0 saturated carbocycles. The van der Waals surface area contributed by atoms with Gasteiger partial charge < -0.3 is 9.84 Å². The van der Waals surface area contributed by atoms with Crippen molar-refractivity contribution in [1.82, 2.24) is 15.4 Å². The lowest BCUT2D eigenvalue weighted by molar-refractivity contribution is -0.130. The second-order valence-electron chi connectivity index (χ2n) is 9.00. The molecular formula is C26H24ClN3O3. The van der Waals surface area contributed by atoms with Crippen LogP contribution in [0.15, 0.2) is 60.7 Å². The van der Waals surface area contributed by atoms with Gasteiger partial charge in [0, 0.05) is 22.3 Å². The topological polar surface area (TPSA) is 88.1 Å². The maximum Gasteiger partial charge on any atom is 0.338 e. The molecule has 0 aliphatic heterocycles. The molecule has 1 aromatic heterocycles. The van der Waals surface area contributed by atoms with Gasteiger partial charge in [0.1, 0.15) is 17.0 Å². The summed E-state index contributed by atoms with van der Waals surface area (Å²) in [4.78, 5) is 12.0. The first-order valence-corrected chi connectivity index (χ1v) is 10.8. The van der Waals surface area contributed by atoms with Gasteiger partial charge in [-0.25, -0.2) is 4.79 Å². The van der Waals surface area contributed by atoms with Gasteiger partial charge in [0.05, 0.1) is 10.5 Å². The third-order valence-corrected chi connectivity index (χ3v) is 5.78. The molecule has 0 aliphatic carbocycles. The van der Waals surface area contributed by atoms with E-state index in [0.29, 0.717) is 32.7 Å². The Morgan fingerprint density at radius 3 is 2.58 bits per heavy atom. The van der Waals surface area contributed by atoms with E-state index < -0.39 is 5.97 Å². The average Bonchev–Trinajstić information content (AvgIpc) is 3.22. The lowest BCUT2D eigenvalue weighted by Crippen LogP contribution is -2.10. The third kappa shape index (κ3) is 4.34. The Morgan fingerprint density at radius 2 is 1.88 bits per heavy atom. The van der Waals surface area contributed by atoms with Crippen LogP contribution in [-0.4, -0.2) is 26.5 Å². The van der Waals surface area contributed by atoms with Crippen molar-refractivity contribution in [1.29, 1.82) is 0 Å². The van der Waals surface area contributed by atoms with Crippen molar-refractivity contribution in [2.24, 2.45) is 0 Å². The number of carbonyl (C=O) groups excluding carboxylic acids is 1. The number of carbonyl (C=O) groups is 1. The second-order valence-corrected chi connectivity index (χ2v) is 9.38. The van der Waals surface area contributed by atoms with Crippen LogP contribution < -0.4 is 4.74 Å². The Morgan fingerprint density at radius 1 is 1.12 bits per heavy atom. The first-order chi connectivity index (χ1) is 15.6. The lowest BCUT2D eigenvalue weighted by Gasteiger charge is -2.20. The van der Waals surface area contributed by atoms with Gasteiger partial charge in [-0.1, -0.05) is 68.4 Å². The maximum atomic E-state index is 12.0. The smallest absolute Gasteiger partial charge is 0.338 e. The van der Waals surface area contributed by atoms with Gasteiger partial charge in [-0.15, -0.1) is 5.10 Å². The van der Waals surface area contributed by atoms with Gasteiger partial charge in [0.2, 0.25) is 0 Å². The highest BCUT2D eigenvalue weighted by Crippen LogP contribution is 2.44. The molecule has 3 aromatic carbocycles. The number of nitrogens with one attached hydrogen (secondary N) is 1. The fourth-order valence-electron chi connectivity index (χ4n) is 3.56. The van der Waals surface area contributed by atoms with E-state index in [9.17, 15) is 9.90 Å². The van der Waals surface area contributed by atoms with Crippen molar-refractivity contribution in [3.8, 4) is 33.8 Å². The number of rotatable bonds is 4. The van der Waals surface area contributed by atoms with Crippen molar-refractivity contribution in [3.63, 3.8) is 0 Å². The molecule has 0 atom stereocenters. The molecule has 33 heavy (non-hydrogen) atoms. The minimum absolute atomic E-state index is 0.00626. The Labute approximate surface area is 196 Å². The minimum atomic E-state index is -0.550. The van der Waals surface area contributed by atoms with Crippen molar-refractivity contribution < 1.29 is 14.6 Å². The van der Waals surface area contributed by atoms with E-state index in [4.69, 9.17) is 16.3 Å². The lowest BCUT2D eigenvalue weighted by atomic mass is 9.85. The van der Waals surface area contributed by atoms with Crippen LogP contribution in [0.1, 0.15) is 33.3 Å². The second kappa shape index (κ2) is 8.37. The van der Waals surface area contributed by atoms with E-state index in [-0.39, 0.29) is 22.5 Å². The number of esters is 1. The van der Waals surface area contributed by atoms with Crippen molar-refractivity contribution in [3.05, 3.63) is 71.3 Å². The Hall–Kier alpha value is -3.64. The van der Waals surface area contributed by atoms with Crippen molar-refractivity contribution in [2.75, 3.05) is 0 Å². The van der Waals surface area contributed by atoms with Crippen LogP contribution in [-0.2, 0) is 10.2 Å². The monoisotopic (exact) mass is 461 g/mol. The summed E-state index contributed by atoms with van der Waals surface area (Å²) in [7, 11) is 0. The minimum Gasteiger partial charge on any atom is -0.507 e. The quantitative estimate of drug-likeness (QED) is 0.208. The molecule has 0 radical (unpaired) electrons. The number of fused-ring (bicyclic) bond motifs is 1. The predicted molar refractivity (Wildman–Crippen MR) is 131 cm³/mol. The molecule has 1 heterocycles. The molecule has 0 fully saturated rings. The largest absolute Gasteiger partial charge is 0.507 e. The summed E-state index contributed by atoms with van der Waals surface area (Å²) >= 11 is 6.95. The third-order valence-electron chi connectivity index (χ3n) is 5.39. The molecule has 4 aromatic rings. The fraction of sp³-hybridized carbons (Fsp3) is 0.192. The SMILES string of the molecule is C=C(C)C(=O)Oc1ccc(O)c(-c2cc3[nH]nnc3c(-c3cccc(C(C)(C)C)c3)c2Cl)c1. The van der Waals surface area contributed by atoms with Crippen molar-refractivity contribution >= 4 is 28.6 Å². The number of hydrogen-bond donors (Lipinski definition) is 2. The van der Waals surface area contributed by atoms with Gasteiger partial charge in [0.25, 0.3) is 0 Å². The highest BCUT2D eigenvalue weighted by Gasteiger charge is 2.22. The molecule has 0 spiro atoms. The van der Waals surface area contributed by atoms with Gasteiger partial charge in [-0.2, -0.15) is 0 Å². The van der Waals surface area contributed by atoms with E-state index in [1.54, 1.807) is 19.1 Å². The summed E-state index contributed by atoms with van der Waals surface area (Å²) in [6.45, 7) is 11.6. The number of benzene rings is 3. The number of halogens is 1.